The van der Waals surface area contributed by atoms with Gasteiger partial charge in [0.15, 0.2) is 0 Å². The average molecular weight is 194 g/mol. The summed E-state index contributed by atoms with van der Waals surface area (Å²) in [6.45, 7) is 2.15. The zero-order chi connectivity index (χ0) is 10.6. The molecule has 4 atom stereocenters. The van der Waals surface area contributed by atoms with E-state index in [1.54, 1.807) is 0 Å². The molecule has 0 bridgehead atoms. The highest BCUT2D eigenvalue weighted by atomic mass is 16.5. The van der Waals surface area contributed by atoms with Crippen LogP contribution in [0.3, 0.4) is 0 Å². The Bertz CT molecular complexity index is 145. The van der Waals surface area contributed by atoms with Gasteiger partial charge in [0, 0.05) is 7.11 Å². The summed E-state index contributed by atoms with van der Waals surface area (Å²) in [5.74, 6) is 0. The van der Waals surface area contributed by atoms with Crippen LogP contribution in [0.25, 0.3) is 0 Å². The van der Waals surface area contributed by atoms with Crippen LogP contribution in [0.2, 0.25) is 0 Å². The smallest absolute Gasteiger partial charge is 0.118 e. The fourth-order valence-corrected chi connectivity index (χ4v) is 1.30. The number of ether oxygens (including phenoxy) is 1. The summed E-state index contributed by atoms with van der Waals surface area (Å²) >= 11 is 0. The van der Waals surface area contributed by atoms with Crippen molar-refractivity contribution in [1.82, 2.24) is 0 Å². The summed E-state index contributed by atoms with van der Waals surface area (Å²) in [6, 6.07) is 0. The molecule has 0 saturated heterocycles. The third-order valence-corrected chi connectivity index (χ3v) is 2.12. The lowest BCUT2D eigenvalue weighted by molar-refractivity contribution is -0.182. The highest BCUT2D eigenvalue weighted by Gasteiger charge is 2.41. The van der Waals surface area contributed by atoms with Crippen molar-refractivity contribution in [3.63, 3.8) is 0 Å². The molecule has 0 heterocycles. The Morgan fingerprint density at radius 2 is 1.85 bits per heavy atom. The van der Waals surface area contributed by atoms with Crippen LogP contribution in [0.4, 0.5) is 0 Å². The molecule has 0 amide bonds. The molecule has 4 unspecified atom stereocenters. The minimum Gasteiger partial charge on any atom is -0.394 e. The van der Waals surface area contributed by atoms with E-state index in [9.17, 15) is 15.3 Å². The predicted molar refractivity (Wildman–Crippen MR) is 46.2 cm³/mol. The van der Waals surface area contributed by atoms with E-state index < -0.39 is 30.5 Å². The molecule has 0 spiro atoms. The standard InChI is InChI=1S/C8H18O5/c1-5(10)7(13-3)8(2,12)6(11)4-9/h5-7,9-12H,4H2,1-3H3. The zero-order valence-corrected chi connectivity index (χ0v) is 8.14. The fourth-order valence-electron chi connectivity index (χ4n) is 1.30. The number of hydrogen-bond donors (Lipinski definition) is 4. The Morgan fingerprint density at radius 3 is 2.08 bits per heavy atom. The summed E-state index contributed by atoms with van der Waals surface area (Å²) < 4.78 is 4.83. The zero-order valence-electron chi connectivity index (χ0n) is 8.14. The first kappa shape index (κ1) is 12.8. The molecule has 0 aliphatic rings. The normalized spacial score (nSPS) is 23.3. The second-order valence-corrected chi connectivity index (χ2v) is 3.32. The van der Waals surface area contributed by atoms with Gasteiger partial charge in [-0.1, -0.05) is 0 Å². The van der Waals surface area contributed by atoms with Crippen molar-refractivity contribution in [2.45, 2.75) is 37.8 Å². The summed E-state index contributed by atoms with van der Waals surface area (Å²) in [5, 5.41) is 36.8. The van der Waals surface area contributed by atoms with E-state index in [0.29, 0.717) is 0 Å². The van der Waals surface area contributed by atoms with Crippen LogP contribution in [-0.4, -0.2) is 58.1 Å². The number of aliphatic hydroxyl groups excluding tert-OH is 3. The Kier molecular flexibility index (Phi) is 4.80. The molecule has 0 aliphatic heterocycles. The number of methoxy groups -OCH3 is 1. The first-order valence-corrected chi connectivity index (χ1v) is 4.10. The van der Waals surface area contributed by atoms with E-state index in [1.165, 1.54) is 21.0 Å². The van der Waals surface area contributed by atoms with Crippen molar-refractivity contribution in [2.75, 3.05) is 13.7 Å². The molecule has 5 nitrogen and oxygen atoms in total. The van der Waals surface area contributed by atoms with Gasteiger partial charge < -0.3 is 25.2 Å². The highest BCUT2D eigenvalue weighted by Crippen LogP contribution is 2.20. The van der Waals surface area contributed by atoms with E-state index in [2.05, 4.69) is 0 Å². The lowest BCUT2D eigenvalue weighted by atomic mass is 9.89. The lowest BCUT2D eigenvalue weighted by Gasteiger charge is -2.36. The van der Waals surface area contributed by atoms with Crippen molar-refractivity contribution >= 4 is 0 Å². The quantitative estimate of drug-likeness (QED) is 0.427. The lowest BCUT2D eigenvalue weighted by Crippen LogP contribution is -2.56. The number of rotatable bonds is 5. The minimum atomic E-state index is -1.67. The monoisotopic (exact) mass is 194 g/mol. The van der Waals surface area contributed by atoms with Gasteiger partial charge in [0.25, 0.3) is 0 Å². The maximum absolute atomic E-state index is 9.72. The van der Waals surface area contributed by atoms with Crippen molar-refractivity contribution in [1.29, 1.82) is 0 Å². The topological polar surface area (TPSA) is 90.2 Å². The fraction of sp³-hybridized carbons (Fsp3) is 1.00. The van der Waals surface area contributed by atoms with Gasteiger partial charge in [-0.15, -0.1) is 0 Å². The van der Waals surface area contributed by atoms with E-state index in [1.807, 2.05) is 0 Å². The van der Waals surface area contributed by atoms with Crippen LogP contribution in [0.5, 0.6) is 0 Å². The Balaban J connectivity index is 4.55. The largest absolute Gasteiger partial charge is 0.394 e. The third-order valence-electron chi connectivity index (χ3n) is 2.12. The Morgan fingerprint density at radius 1 is 1.38 bits per heavy atom. The number of aliphatic hydroxyl groups is 4. The first-order chi connectivity index (χ1) is 5.87. The number of hydrogen-bond acceptors (Lipinski definition) is 5. The second kappa shape index (κ2) is 4.88. The first-order valence-electron chi connectivity index (χ1n) is 4.10. The van der Waals surface area contributed by atoms with Gasteiger partial charge in [-0.05, 0) is 13.8 Å². The summed E-state index contributed by atoms with van der Waals surface area (Å²) in [6.07, 6.45) is -3.21. The molecule has 4 N–H and O–H groups in total. The van der Waals surface area contributed by atoms with Crippen LogP contribution >= 0.6 is 0 Å². The second-order valence-electron chi connectivity index (χ2n) is 3.32. The van der Waals surface area contributed by atoms with Crippen LogP contribution in [0, 0.1) is 0 Å². The van der Waals surface area contributed by atoms with Gasteiger partial charge in [-0.25, -0.2) is 0 Å². The summed E-state index contributed by atoms with van der Waals surface area (Å²) in [7, 11) is 1.32. The molecule has 13 heavy (non-hydrogen) atoms. The predicted octanol–water partition coefficient (Wildman–Crippen LogP) is -1.51. The molecular formula is C8H18O5. The third kappa shape index (κ3) is 2.89. The van der Waals surface area contributed by atoms with Crippen LogP contribution < -0.4 is 0 Å². The van der Waals surface area contributed by atoms with Gasteiger partial charge in [0.05, 0.1) is 12.7 Å². The molecule has 80 valence electrons. The summed E-state index contributed by atoms with van der Waals surface area (Å²) in [5.41, 5.74) is -1.67. The van der Waals surface area contributed by atoms with Gasteiger partial charge in [0.1, 0.15) is 17.8 Å². The van der Waals surface area contributed by atoms with Crippen LogP contribution in [-0.2, 0) is 4.74 Å². The minimum absolute atomic E-state index is 0.584. The summed E-state index contributed by atoms with van der Waals surface area (Å²) in [4.78, 5) is 0. The highest BCUT2D eigenvalue weighted by molar-refractivity contribution is 4.92. The molecule has 0 aliphatic carbocycles. The van der Waals surface area contributed by atoms with Gasteiger partial charge >= 0.3 is 0 Å². The van der Waals surface area contributed by atoms with Crippen molar-refractivity contribution in [3.8, 4) is 0 Å². The SMILES string of the molecule is COC(C(C)O)C(C)(O)C(O)CO. The van der Waals surface area contributed by atoms with E-state index >= 15 is 0 Å². The molecule has 0 aromatic carbocycles. The maximum atomic E-state index is 9.72. The molecule has 0 fully saturated rings. The molecule has 0 rings (SSSR count). The van der Waals surface area contributed by atoms with Gasteiger partial charge in [-0.2, -0.15) is 0 Å². The molecule has 0 saturated carbocycles. The van der Waals surface area contributed by atoms with E-state index in [4.69, 9.17) is 9.84 Å². The molecule has 0 radical (unpaired) electrons. The van der Waals surface area contributed by atoms with Gasteiger partial charge in [0.2, 0.25) is 0 Å². The van der Waals surface area contributed by atoms with Crippen molar-refractivity contribution in [3.05, 3.63) is 0 Å². The van der Waals surface area contributed by atoms with E-state index in [-0.39, 0.29) is 0 Å². The Hall–Kier alpha value is -0.200. The van der Waals surface area contributed by atoms with Crippen molar-refractivity contribution < 1.29 is 25.2 Å². The van der Waals surface area contributed by atoms with Gasteiger partial charge in [-0.3, -0.25) is 0 Å². The van der Waals surface area contributed by atoms with Crippen molar-refractivity contribution in [2.24, 2.45) is 0 Å². The van der Waals surface area contributed by atoms with Crippen LogP contribution in [0.1, 0.15) is 13.8 Å². The maximum Gasteiger partial charge on any atom is 0.118 e. The van der Waals surface area contributed by atoms with E-state index in [0.717, 1.165) is 0 Å². The molecule has 0 aromatic heterocycles. The van der Waals surface area contributed by atoms with Crippen LogP contribution in [0.15, 0.2) is 0 Å². The molecule has 0 aromatic rings. The Labute approximate surface area is 77.6 Å². The molecule has 5 heteroatoms. The average Bonchev–Trinajstić information content (AvgIpc) is 2.02. The molecular weight excluding hydrogens is 176 g/mol.